The zero-order chi connectivity index (χ0) is 13.4. The summed E-state index contributed by atoms with van der Waals surface area (Å²) in [5, 5.41) is 4.23. The van der Waals surface area contributed by atoms with Crippen LogP contribution in [0.4, 0.5) is 0 Å². The Bertz CT molecular complexity index is 317. The number of nitrogens with zero attached hydrogens (tertiary/aromatic N) is 2. The van der Waals surface area contributed by atoms with Gasteiger partial charge in [-0.3, -0.25) is 0 Å². The lowest BCUT2D eigenvalue weighted by Crippen LogP contribution is -2.32. The molecular formula is C13H25N3OS. The lowest BCUT2D eigenvalue weighted by atomic mass is 10.4. The molecule has 0 aliphatic rings. The van der Waals surface area contributed by atoms with Crippen molar-refractivity contribution in [3.63, 3.8) is 0 Å². The number of aromatic nitrogens is 1. The highest BCUT2D eigenvalue weighted by Crippen LogP contribution is 2.19. The van der Waals surface area contributed by atoms with Crippen LogP contribution in [0.15, 0.2) is 9.64 Å². The average Bonchev–Trinajstić information content (AvgIpc) is 2.68. The highest BCUT2D eigenvalue weighted by Gasteiger charge is 2.05. The van der Waals surface area contributed by atoms with Crippen molar-refractivity contribution >= 4 is 11.8 Å². The van der Waals surface area contributed by atoms with E-state index < -0.39 is 0 Å². The zero-order valence-corrected chi connectivity index (χ0v) is 12.8. The van der Waals surface area contributed by atoms with Gasteiger partial charge in [0.1, 0.15) is 5.76 Å². The topological polar surface area (TPSA) is 41.3 Å². The molecule has 0 amide bonds. The Morgan fingerprint density at radius 1 is 1.22 bits per heavy atom. The summed E-state index contributed by atoms with van der Waals surface area (Å²) in [4.78, 5) is 6.76. The molecular weight excluding hydrogens is 246 g/mol. The van der Waals surface area contributed by atoms with Gasteiger partial charge in [0.05, 0.1) is 5.69 Å². The molecule has 1 aromatic rings. The molecule has 0 saturated heterocycles. The Balaban J connectivity index is 2.05. The van der Waals surface area contributed by atoms with E-state index in [9.17, 15) is 0 Å². The van der Waals surface area contributed by atoms with Crippen LogP contribution in [-0.2, 0) is 0 Å². The molecule has 4 nitrogen and oxygen atoms in total. The minimum Gasteiger partial charge on any atom is -0.437 e. The van der Waals surface area contributed by atoms with Crippen molar-refractivity contribution in [3.8, 4) is 0 Å². The van der Waals surface area contributed by atoms with E-state index in [-0.39, 0.29) is 0 Å². The van der Waals surface area contributed by atoms with Crippen LogP contribution in [-0.4, -0.2) is 48.4 Å². The Morgan fingerprint density at radius 3 is 2.50 bits per heavy atom. The Hall–Kier alpha value is -0.520. The molecule has 0 saturated carbocycles. The van der Waals surface area contributed by atoms with Gasteiger partial charge < -0.3 is 14.6 Å². The fourth-order valence-corrected chi connectivity index (χ4v) is 2.42. The molecule has 1 heterocycles. The standard InChI is InChI=1S/C13H25N3OS/c1-5-16(6-2)9-7-14-8-10-18-13-15-11(3)12(4)17-13/h14H,5-10H2,1-4H3. The number of thioether (sulfide) groups is 1. The molecule has 0 atom stereocenters. The number of likely N-dealkylation sites (N-methyl/N-ethyl adjacent to an activating group) is 1. The Morgan fingerprint density at radius 2 is 1.94 bits per heavy atom. The van der Waals surface area contributed by atoms with Gasteiger partial charge in [0.25, 0.3) is 5.22 Å². The van der Waals surface area contributed by atoms with Crippen LogP contribution in [0.2, 0.25) is 0 Å². The summed E-state index contributed by atoms with van der Waals surface area (Å²) in [6, 6.07) is 0. The normalized spacial score (nSPS) is 11.4. The molecule has 0 aromatic carbocycles. The molecule has 0 fully saturated rings. The summed E-state index contributed by atoms with van der Waals surface area (Å²) in [5.74, 6) is 1.92. The monoisotopic (exact) mass is 271 g/mol. The summed E-state index contributed by atoms with van der Waals surface area (Å²) in [5.41, 5.74) is 0.993. The maximum Gasteiger partial charge on any atom is 0.256 e. The molecule has 0 radical (unpaired) electrons. The van der Waals surface area contributed by atoms with Gasteiger partial charge in [-0.05, 0) is 26.9 Å². The van der Waals surface area contributed by atoms with E-state index in [4.69, 9.17) is 4.42 Å². The molecule has 18 heavy (non-hydrogen) atoms. The van der Waals surface area contributed by atoms with Crippen LogP contribution in [0.25, 0.3) is 0 Å². The number of rotatable bonds is 9. The van der Waals surface area contributed by atoms with Gasteiger partial charge in [0.2, 0.25) is 0 Å². The molecule has 1 aromatic heterocycles. The second-order valence-electron chi connectivity index (χ2n) is 4.25. The summed E-state index contributed by atoms with van der Waals surface area (Å²) in [6.07, 6.45) is 0. The number of aryl methyl sites for hydroxylation is 2. The van der Waals surface area contributed by atoms with Crippen molar-refractivity contribution in [1.82, 2.24) is 15.2 Å². The highest BCUT2D eigenvalue weighted by atomic mass is 32.2. The summed E-state index contributed by atoms with van der Waals surface area (Å²) in [6.45, 7) is 13.7. The third-order valence-electron chi connectivity index (χ3n) is 3.01. The van der Waals surface area contributed by atoms with E-state index in [0.29, 0.717) is 0 Å². The second-order valence-corrected chi connectivity index (χ2v) is 5.29. The minimum absolute atomic E-state index is 0.788. The number of oxazole rings is 1. The van der Waals surface area contributed by atoms with Crippen LogP contribution in [0.1, 0.15) is 25.3 Å². The van der Waals surface area contributed by atoms with Gasteiger partial charge in [-0.1, -0.05) is 25.6 Å². The number of hydrogen-bond donors (Lipinski definition) is 1. The predicted octanol–water partition coefficient (Wildman–Crippen LogP) is 2.31. The van der Waals surface area contributed by atoms with Crippen molar-refractivity contribution in [2.75, 3.05) is 38.5 Å². The van der Waals surface area contributed by atoms with Crippen LogP contribution in [0.3, 0.4) is 0 Å². The van der Waals surface area contributed by atoms with Gasteiger partial charge in [-0.15, -0.1) is 0 Å². The van der Waals surface area contributed by atoms with Crippen LogP contribution < -0.4 is 5.32 Å². The molecule has 5 heteroatoms. The van der Waals surface area contributed by atoms with Crippen molar-refractivity contribution < 1.29 is 4.42 Å². The smallest absolute Gasteiger partial charge is 0.256 e. The first-order valence-electron chi connectivity index (χ1n) is 6.67. The van der Waals surface area contributed by atoms with Crippen molar-refractivity contribution in [1.29, 1.82) is 0 Å². The molecule has 1 N–H and O–H groups in total. The van der Waals surface area contributed by atoms with E-state index in [2.05, 4.69) is 29.0 Å². The summed E-state index contributed by atoms with van der Waals surface area (Å²) >= 11 is 1.67. The van der Waals surface area contributed by atoms with Crippen molar-refractivity contribution in [3.05, 3.63) is 11.5 Å². The first kappa shape index (κ1) is 15.5. The summed E-state index contributed by atoms with van der Waals surface area (Å²) < 4.78 is 5.51. The fourth-order valence-electron chi connectivity index (χ4n) is 1.62. The highest BCUT2D eigenvalue weighted by molar-refractivity contribution is 7.99. The number of nitrogens with one attached hydrogen (secondary N) is 1. The maximum absolute atomic E-state index is 5.51. The van der Waals surface area contributed by atoms with Crippen LogP contribution in [0.5, 0.6) is 0 Å². The van der Waals surface area contributed by atoms with Crippen molar-refractivity contribution in [2.24, 2.45) is 0 Å². The van der Waals surface area contributed by atoms with E-state index in [0.717, 1.165) is 55.2 Å². The first-order valence-corrected chi connectivity index (χ1v) is 7.65. The molecule has 0 spiro atoms. The molecule has 0 bridgehead atoms. The van der Waals surface area contributed by atoms with E-state index in [1.807, 2.05) is 13.8 Å². The molecule has 0 unspecified atom stereocenters. The van der Waals surface area contributed by atoms with Gasteiger partial charge in [-0.25, -0.2) is 4.98 Å². The van der Waals surface area contributed by atoms with Crippen LogP contribution in [0, 0.1) is 13.8 Å². The SMILES string of the molecule is CCN(CC)CCNCCSc1nc(C)c(C)o1. The lowest BCUT2D eigenvalue weighted by molar-refractivity contribution is 0.303. The first-order chi connectivity index (χ1) is 8.67. The number of hydrogen-bond acceptors (Lipinski definition) is 5. The molecule has 0 aliphatic heterocycles. The third-order valence-corrected chi connectivity index (χ3v) is 3.84. The molecule has 104 valence electrons. The Labute approximate surface area is 115 Å². The van der Waals surface area contributed by atoms with Gasteiger partial charge >= 0.3 is 0 Å². The fraction of sp³-hybridized carbons (Fsp3) is 0.769. The average molecular weight is 271 g/mol. The predicted molar refractivity (Wildman–Crippen MR) is 77.4 cm³/mol. The second kappa shape index (κ2) is 8.56. The van der Waals surface area contributed by atoms with E-state index in [1.165, 1.54) is 0 Å². The zero-order valence-electron chi connectivity index (χ0n) is 12.0. The minimum atomic E-state index is 0.788. The largest absolute Gasteiger partial charge is 0.437 e. The lowest BCUT2D eigenvalue weighted by Gasteiger charge is -2.17. The van der Waals surface area contributed by atoms with E-state index >= 15 is 0 Å². The molecule has 1 rings (SSSR count). The quantitative estimate of drug-likeness (QED) is 0.551. The van der Waals surface area contributed by atoms with Crippen molar-refractivity contribution in [2.45, 2.75) is 32.9 Å². The van der Waals surface area contributed by atoms with Gasteiger partial charge in [0, 0.05) is 25.4 Å². The molecule has 0 aliphatic carbocycles. The maximum atomic E-state index is 5.51. The summed E-state index contributed by atoms with van der Waals surface area (Å²) in [7, 11) is 0. The van der Waals surface area contributed by atoms with Gasteiger partial charge in [-0.2, -0.15) is 0 Å². The van der Waals surface area contributed by atoms with Gasteiger partial charge in [0.15, 0.2) is 0 Å². The van der Waals surface area contributed by atoms with Crippen LogP contribution >= 0.6 is 11.8 Å². The van der Waals surface area contributed by atoms with E-state index in [1.54, 1.807) is 11.8 Å². The Kier molecular flexibility index (Phi) is 7.39. The third kappa shape index (κ3) is 5.42.